The smallest absolute Gasteiger partial charge is 0.336 e. The fraction of sp³-hybridized carbons (Fsp3) is 0.190. The molecule has 6 nitrogen and oxygen atoms in total. The second kappa shape index (κ2) is 7.13. The second-order valence-electron chi connectivity index (χ2n) is 6.57. The third-order valence-corrected chi connectivity index (χ3v) is 5.18. The minimum Gasteiger partial charge on any atom is -0.423 e. The molecule has 0 saturated carbocycles. The van der Waals surface area contributed by atoms with E-state index in [2.05, 4.69) is 0 Å². The molecule has 0 N–H and O–H groups in total. The quantitative estimate of drug-likeness (QED) is 0.494. The maximum atomic E-state index is 12.8. The van der Waals surface area contributed by atoms with Crippen molar-refractivity contribution in [2.24, 2.45) is 0 Å². The van der Waals surface area contributed by atoms with Crippen molar-refractivity contribution < 1.29 is 14.0 Å². The van der Waals surface area contributed by atoms with E-state index in [9.17, 15) is 14.4 Å². The molecular weight excluding hydrogens is 380 g/mol. The van der Waals surface area contributed by atoms with Crippen molar-refractivity contribution in [3.05, 3.63) is 75.1 Å². The Kier molecular flexibility index (Phi) is 4.65. The number of carbonyl (C=O) groups is 2. The van der Waals surface area contributed by atoms with E-state index in [0.29, 0.717) is 33.7 Å². The third-order valence-electron chi connectivity index (χ3n) is 4.83. The van der Waals surface area contributed by atoms with Crippen molar-refractivity contribution in [1.82, 2.24) is 4.90 Å². The van der Waals surface area contributed by atoms with Crippen molar-refractivity contribution in [3.8, 4) is 0 Å². The van der Waals surface area contributed by atoms with Gasteiger partial charge in [-0.15, -0.1) is 0 Å². The van der Waals surface area contributed by atoms with Gasteiger partial charge in [-0.2, -0.15) is 0 Å². The number of carbonyl (C=O) groups excluding carboxylic acids is 2. The number of halogens is 1. The summed E-state index contributed by atoms with van der Waals surface area (Å²) in [5, 5.41) is 1.16. The molecule has 28 heavy (non-hydrogen) atoms. The molecule has 1 aliphatic rings. The molecular formula is C21H17ClN2O4. The standard InChI is InChI=1S/C21H17ClN2O4/c1-2-13-8-18-16(10-17(13)22)14(9-20(26)28-18)11-24-19(25)12-23(21(24)27)15-6-4-3-5-7-15/h3-10H,2,11-12H2,1H3. The predicted octanol–water partition coefficient (Wildman–Crippen LogP) is 3.98. The van der Waals surface area contributed by atoms with Crippen LogP contribution in [-0.2, 0) is 17.8 Å². The van der Waals surface area contributed by atoms with E-state index in [1.54, 1.807) is 36.4 Å². The molecule has 0 spiro atoms. The van der Waals surface area contributed by atoms with Crippen LogP contribution in [0.5, 0.6) is 0 Å². The summed E-state index contributed by atoms with van der Waals surface area (Å²) in [4.78, 5) is 39.9. The molecule has 1 saturated heterocycles. The molecule has 7 heteroatoms. The molecule has 2 aromatic carbocycles. The van der Waals surface area contributed by atoms with Gasteiger partial charge in [0.15, 0.2) is 0 Å². The normalized spacial score (nSPS) is 14.4. The number of amides is 3. The molecule has 0 bridgehead atoms. The van der Waals surface area contributed by atoms with E-state index in [-0.39, 0.29) is 19.0 Å². The Morgan fingerprint density at radius 3 is 2.50 bits per heavy atom. The minimum absolute atomic E-state index is 0.0229. The van der Waals surface area contributed by atoms with E-state index in [1.165, 1.54) is 11.0 Å². The maximum Gasteiger partial charge on any atom is 0.336 e. The SMILES string of the molecule is CCc1cc2oc(=O)cc(CN3C(=O)CN(c4ccccc4)C3=O)c2cc1Cl. The summed E-state index contributed by atoms with van der Waals surface area (Å²) in [6, 6.07) is 13.3. The predicted molar refractivity (Wildman–Crippen MR) is 107 cm³/mol. The van der Waals surface area contributed by atoms with Crippen LogP contribution in [0.15, 0.2) is 57.7 Å². The van der Waals surface area contributed by atoms with Crippen molar-refractivity contribution in [2.45, 2.75) is 19.9 Å². The highest BCUT2D eigenvalue weighted by molar-refractivity contribution is 6.32. The van der Waals surface area contributed by atoms with Crippen molar-refractivity contribution in [2.75, 3.05) is 11.4 Å². The van der Waals surface area contributed by atoms with E-state index < -0.39 is 11.7 Å². The highest BCUT2D eigenvalue weighted by Crippen LogP contribution is 2.28. The monoisotopic (exact) mass is 396 g/mol. The number of rotatable bonds is 4. The lowest BCUT2D eigenvalue weighted by molar-refractivity contribution is -0.125. The number of hydrogen-bond donors (Lipinski definition) is 0. The van der Waals surface area contributed by atoms with Crippen molar-refractivity contribution >= 4 is 40.2 Å². The summed E-state index contributed by atoms with van der Waals surface area (Å²) >= 11 is 6.32. The van der Waals surface area contributed by atoms with Gasteiger partial charge in [0, 0.05) is 22.2 Å². The van der Waals surface area contributed by atoms with Crippen LogP contribution in [-0.4, -0.2) is 23.4 Å². The molecule has 142 valence electrons. The molecule has 0 atom stereocenters. The zero-order valence-electron chi connectivity index (χ0n) is 15.1. The first-order valence-corrected chi connectivity index (χ1v) is 9.27. The molecule has 1 aliphatic heterocycles. The summed E-state index contributed by atoms with van der Waals surface area (Å²) in [6.45, 7) is 1.89. The Bertz CT molecular complexity index is 1140. The first kappa shape index (κ1) is 18.3. The summed E-state index contributed by atoms with van der Waals surface area (Å²) in [5.74, 6) is -0.327. The zero-order chi connectivity index (χ0) is 19.8. The Morgan fingerprint density at radius 1 is 1.04 bits per heavy atom. The molecule has 3 amide bonds. The maximum absolute atomic E-state index is 12.8. The van der Waals surface area contributed by atoms with Crippen LogP contribution < -0.4 is 10.5 Å². The van der Waals surface area contributed by atoms with E-state index in [1.807, 2.05) is 13.0 Å². The van der Waals surface area contributed by atoms with Gasteiger partial charge in [-0.25, -0.2) is 9.59 Å². The average Bonchev–Trinajstić information content (AvgIpc) is 2.97. The summed E-state index contributed by atoms with van der Waals surface area (Å²) in [6.07, 6.45) is 0.692. The Morgan fingerprint density at radius 2 is 1.79 bits per heavy atom. The lowest BCUT2D eigenvalue weighted by Crippen LogP contribution is -2.32. The number of anilines is 1. The Hall–Kier alpha value is -3.12. The summed E-state index contributed by atoms with van der Waals surface area (Å²) in [7, 11) is 0. The zero-order valence-corrected chi connectivity index (χ0v) is 15.9. The van der Waals surface area contributed by atoms with E-state index in [4.69, 9.17) is 16.0 Å². The summed E-state index contributed by atoms with van der Waals surface area (Å²) < 4.78 is 5.30. The lowest BCUT2D eigenvalue weighted by atomic mass is 10.1. The molecule has 0 aliphatic carbocycles. The number of benzene rings is 2. The van der Waals surface area contributed by atoms with Crippen LogP contribution in [0.2, 0.25) is 5.02 Å². The minimum atomic E-state index is -0.536. The van der Waals surface area contributed by atoms with Crippen molar-refractivity contribution in [3.63, 3.8) is 0 Å². The van der Waals surface area contributed by atoms with Crippen LogP contribution in [0.3, 0.4) is 0 Å². The van der Waals surface area contributed by atoms with Gasteiger partial charge in [-0.1, -0.05) is 36.7 Å². The highest BCUT2D eigenvalue weighted by Gasteiger charge is 2.37. The topological polar surface area (TPSA) is 70.8 Å². The Balaban J connectivity index is 1.72. The van der Waals surface area contributed by atoms with Gasteiger partial charge in [0.1, 0.15) is 12.1 Å². The molecule has 1 aromatic heterocycles. The number of urea groups is 1. The van der Waals surface area contributed by atoms with Gasteiger partial charge >= 0.3 is 11.7 Å². The summed E-state index contributed by atoms with van der Waals surface area (Å²) in [5.41, 5.74) is 1.88. The first-order chi connectivity index (χ1) is 13.5. The molecule has 3 aromatic rings. The van der Waals surface area contributed by atoms with Gasteiger partial charge in [0.05, 0.1) is 6.54 Å². The fourth-order valence-electron chi connectivity index (χ4n) is 3.37. The second-order valence-corrected chi connectivity index (χ2v) is 6.98. The van der Waals surface area contributed by atoms with E-state index >= 15 is 0 Å². The first-order valence-electron chi connectivity index (χ1n) is 8.90. The van der Waals surface area contributed by atoms with Crippen LogP contribution in [0.1, 0.15) is 18.1 Å². The number of hydrogen-bond acceptors (Lipinski definition) is 4. The Labute approximate surface area is 165 Å². The van der Waals surface area contributed by atoms with Gasteiger partial charge in [-0.3, -0.25) is 14.6 Å². The lowest BCUT2D eigenvalue weighted by Gasteiger charge is -2.18. The van der Waals surface area contributed by atoms with E-state index in [0.717, 1.165) is 10.5 Å². The largest absolute Gasteiger partial charge is 0.423 e. The van der Waals surface area contributed by atoms with Crippen LogP contribution >= 0.6 is 11.6 Å². The van der Waals surface area contributed by atoms with Gasteiger partial charge in [-0.05, 0) is 41.8 Å². The van der Waals surface area contributed by atoms with Crippen LogP contribution in [0, 0.1) is 0 Å². The molecule has 2 heterocycles. The fourth-order valence-corrected chi connectivity index (χ4v) is 3.66. The number of fused-ring (bicyclic) bond motifs is 1. The van der Waals surface area contributed by atoms with Crippen molar-refractivity contribution in [1.29, 1.82) is 0 Å². The van der Waals surface area contributed by atoms with Crippen LogP contribution in [0.25, 0.3) is 11.0 Å². The van der Waals surface area contributed by atoms with Crippen LogP contribution in [0.4, 0.5) is 10.5 Å². The number of para-hydroxylation sites is 1. The van der Waals surface area contributed by atoms with Gasteiger partial charge in [0.2, 0.25) is 0 Å². The molecule has 1 fully saturated rings. The molecule has 4 rings (SSSR count). The van der Waals surface area contributed by atoms with Gasteiger partial charge < -0.3 is 4.42 Å². The van der Waals surface area contributed by atoms with Gasteiger partial charge in [0.25, 0.3) is 5.91 Å². The highest BCUT2D eigenvalue weighted by atomic mass is 35.5. The number of imide groups is 1. The average molecular weight is 397 g/mol. The molecule has 0 unspecified atom stereocenters. The third kappa shape index (κ3) is 3.16. The number of aryl methyl sites for hydroxylation is 1. The number of nitrogens with zero attached hydrogens (tertiary/aromatic N) is 2. The molecule has 0 radical (unpaired) electrons.